The molecule has 0 aliphatic rings. The molecule has 0 fully saturated rings. The average Bonchev–Trinajstić information content (AvgIpc) is 2.70. The number of nitrogens with zero attached hydrogens (tertiary/aromatic N) is 2. The SMILES string of the molecule is CCOc1ccc(-c2cc(=O)[nH]c(-c3c(Cl)ccc(CC(C)(C)C(N)=O)c3F)n2)cn1. The summed E-state index contributed by atoms with van der Waals surface area (Å²) in [6.07, 6.45) is 1.57. The Bertz CT molecular complexity index is 1180. The number of carbonyl (C=O) groups is 1. The lowest BCUT2D eigenvalue weighted by Crippen LogP contribution is -2.33. The fourth-order valence-electron chi connectivity index (χ4n) is 3.00. The third-order valence-electron chi connectivity index (χ3n) is 4.77. The van der Waals surface area contributed by atoms with Crippen molar-refractivity contribution in [2.75, 3.05) is 6.61 Å². The molecule has 0 saturated carbocycles. The summed E-state index contributed by atoms with van der Waals surface area (Å²) >= 11 is 6.25. The zero-order valence-corrected chi connectivity index (χ0v) is 18.1. The Morgan fingerprint density at radius 2 is 2.03 bits per heavy atom. The number of benzene rings is 1. The summed E-state index contributed by atoms with van der Waals surface area (Å²) in [5.74, 6) is -0.820. The summed E-state index contributed by atoms with van der Waals surface area (Å²) < 4.78 is 20.7. The van der Waals surface area contributed by atoms with E-state index in [4.69, 9.17) is 22.1 Å². The average molecular weight is 445 g/mol. The molecule has 7 nitrogen and oxygen atoms in total. The Kier molecular flexibility index (Phi) is 6.40. The predicted molar refractivity (Wildman–Crippen MR) is 116 cm³/mol. The molecule has 0 unspecified atom stereocenters. The van der Waals surface area contributed by atoms with Crippen molar-refractivity contribution in [1.29, 1.82) is 0 Å². The van der Waals surface area contributed by atoms with Gasteiger partial charge < -0.3 is 15.5 Å². The second-order valence-electron chi connectivity index (χ2n) is 7.62. The van der Waals surface area contributed by atoms with Gasteiger partial charge in [0.1, 0.15) is 11.6 Å². The van der Waals surface area contributed by atoms with E-state index >= 15 is 4.39 Å². The molecule has 162 valence electrons. The first-order chi connectivity index (χ1) is 14.6. The van der Waals surface area contributed by atoms with Crippen LogP contribution in [0.3, 0.4) is 0 Å². The van der Waals surface area contributed by atoms with Crippen molar-refractivity contribution in [2.24, 2.45) is 11.1 Å². The van der Waals surface area contributed by atoms with Gasteiger partial charge in [-0.25, -0.2) is 14.4 Å². The molecular formula is C22H22ClFN4O3. The number of hydrogen-bond acceptors (Lipinski definition) is 5. The van der Waals surface area contributed by atoms with Gasteiger partial charge >= 0.3 is 0 Å². The first kappa shape index (κ1) is 22.4. The van der Waals surface area contributed by atoms with E-state index in [9.17, 15) is 9.59 Å². The molecule has 0 radical (unpaired) electrons. The maximum absolute atomic E-state index is 15.4. The van der Waals surface area contributed by atoms with Gasteiger partial charge in [-0.3, -0.25) is 9.59 Å². The van der Waals surface area contributed by atoms with E-state index in [0.29, 0.717) is 23.7 Å². The third-order valence-corrected chi connectivity index (χ3v) is 5.09. The highest BCUT2D eigenvalue weighted by Crippen LogP contribution is 2.33. The van der Waals surface area contributed by atoms with Gasteiger partial charge in [0, 0.05) is 29.3 Å². The molecule has 3 aromatic rings. The van der Waals surface area contributed by atoms with Crippen LogP contribution < -0.4 is 16.0 Å². The molecule has 31 heavy (non-hydrogen) atoms. The van der Waals surface area contributed by atoms with Crippen LogP contribution in [-0.2, 0) is 11.2 Å². The predicted octanol–water partition coefficient (Wildman–Crippen LogP) is 3.74. The lowest BCUT2D eigenvalue weighted by molar-refractivity contribution is -0.125. The molecular weight excluding hydrogens is 423 g/mol. The summed E-state index contributed by atoms with van der Waals surface area (Å²) in [6.45, 7) is 5.57. The number of halogens is 2. The monoisotopic (exact) mass is 444 g/mol. The molecule has 0 atom stereocenters. The molecule has 0 saturated heterocycles. The molecule has 0 spiro atoms. The summed E-state index contributed by atoms with van der Waals surface area (Å²) in [5, 5.41) is 0.0725. The van der Waals surface area contributed by atoms with Gasteiger partial charge in [0.25, 0.3) is 5.56 Å². The lowest BCUT2D eigenvalue weighted by Gasteiger charge is -2.21. The number of nitrogens with one attached hydrogen (secondary N) is 1. The Morgan fingerprint density at radius 3 is 2.65 bits per heavy atom. The van der Waals surface area contributed by atoms with Gasteiger partial charge in [0.15, 0.2) is 0 Å². The van der Waals surface area contributed by atoms with Crippen LogP contribution in [-0.4, -0.2) is 27.5 Å². The normalized spacial score (nSPS) is 11.4. The van der Waals surface area contributed by atoms with Crippen molar-refractivity contribution in [3.63, 3.8) is 0 Å². The standard InChI is InChI=1S/C22H22ClFN4O3/c1-4-31-17-8-6-13(11-26-17)15-9-16(29)28-20(27-15)18-14(23)7-5-12(19(18)24)10-22(2,3)21(25)30/h5-9,11H,4,10H2,1-3H3,(H2,25,30)(H,27,28,29). The Morgan fingerprint density at radius 1 is 1.29 bits per heavy atom. The minimum absolute atomic E-state index is 0.0300. The van der Waals surface area contributed by atoms with Gasteiger partial charge in [-0.05, 0) is 31.0 Å². The van der Waals surface area contributed by atoms with E-state index in [1.807, 2.05) is 6.92 Å². The van der Waals surface area contributed by atoms with E-state index in [0.717, 1.165) is 0 Å². The molecule has 2 heterocycles. The molecule has 3 rings (SSSR count). The number of nitrogens with two attached hydrogens (primary N) is 1. The number of aromatic amines is 1. The fraction of sp³-hybridized carbons (Fsp3) is 0.273. The van der Waals surface area contributed by atoms with Gasteiger partial charge in [-0.15, -0.1) is 0 Å². The quantitative estimate of drug-likeness (QED) is 0.576. The number of carbonyl (C=O) groups excluding carboxylic acids is 1. The van der Waals surface area contributed by atoms with E-state index in [1.54, 1.807) is 26.0 Å². The van der Waals surface area contributed by atoms with Crippen molar-refractivity contribution < 1.29 is 13.9 Å². The molecule has 1 amide bonds. The minimum atomic E-state index is -0.970. The van der Waals surface area contributed by atoms with Crippen molar-refractivity contribution in [2.45, 2.75) is 27.2 Å². The number of pyridine rings is 1. The Hall–Kier alpha value is -3.26. The number of amides is 1. The number of aromatic nitrogens is 3. The van der Waals surface area contributed by atoms with E-state index in [2.05, 4.69) is 15.0 Å². The number of H-pyrrole nitrogens is 1. The zero-order chi connectivity index (χ0) is 22.8. The van der Waals surface area contributed by atoms with Crippen LogP contribution in [0.25, 0.3) is 22.6 Å². The van der Waals surface area contributed by atoms with E-state index < -0.39 is 22.7 Å². The van der Waals surface area contributed by atoms with Gasteiger partial charge in [0.2, 0.25) is 11.8 Å². The maximum atomic E-state index is 15.4. The summed E-state index contributed by atoms with van der Waals surface area (Å²) in [4.78, 5) is 35.0. The topological polar surface area (TPSA) is 111 Å². The second kappa shape index (κ2) is 8.85. The van der Waals surface area contributed by atoms with E-state index in [1.165, 1.54) is 24.4 Å². The minimum Gasteiger partial charge on any atom is -0.478 e. The molecule has 0 aliphatic heterocycles. The van der Waals surface area contributed by atoms with Gasteiger partial charge in [0.05, 0.1) is 22.9 Å². The van der Waals surface area contributed by atoms with Crippen LogP contribution >= 0.6 is 11.6 Å². The van der Waals surface area contributed by atoms with Crippen LogP contribution in [0, 0.1) is 11.2 Å². The summed E-state index contributed by atoms with van der Waals surface area (Å²) in [7, 11) is 0. The second-order valence-corrected chi connectivity index (χ2v) is 8.02. The van der Waals surface area contributed by atoms with Crippen LogP contribution in [0.5, 0.6) is 5.88 Å². The van der Waals surface area contributed by atoms with Crippen molar-refractivity contribution in [3.05, 3.63) is 63.3 Å². The molecule has 9 heteroatoms. The van der Waals surface area contributed by atoms with E-state index in [-0.39, 0.29) is 28.4 Å². The third kappa shape index (κ3) is 4.91. The van der Waals surface area contributed by atoms with Crippen molar-refractivity contribution >= 4 is 17.5 Å². The zero-order valence-electron chi connectivity index (χ0n) is 17.3. The van der Waals surface area contributed by atoms with Crippen molar-refractivity contribution in [1.82, 2.24) is 15.0 Å². The molecule has 3 N–H and O–H groups in total. The molecule has 0 bridgehead atoms. The summed E-state index contributed by atoms with van der Waals surface area (Å²) in [6, 6.07) is 7.63. The molecule has 1 aromatic carbocycles. The fourth-order valence-corrected chi connectivity index (χ4v) is 3.24. The smallest absolute Gasteiger partial charge is 0.251 e. The lowest BCUT2D eigenvalue weighted by atomic mass is 9.84. The van der Waals surface area contributed by atoms with Gasteiger partial charge in [-0.1, -0.05) is 31.5 Å². The van der Waals surface area contributed by atoms with Crippen molar-refractivity contribution in [3.8, 4) is 28.5 Å². The van der Waals surface area contributed by atoms with Crippen LogP contribution in [0.4, 0.5) is 4.39 Å². The first-order valence-electron chi connectivity index (χ1n) is 9.60. The highest BCUT2D eigenvalue weighted by Gasteiger charge is 2.28. The highest BCUT2D eigenvalue weighted by molar-refractivity contribution is 6.33. The van der Waals surface area contributed by atoms with Gasteiger partial charge in [-0.2, -0.15) is 0 Å². The van der Waals surface area contributed by atoms with Crippen LogP contribution in [0.1, 0.15) is 26.3 Å². The largest absolute Gasteiger partial charge is 0.478 e. The number of rotatable bonds is 7. The van der Waals surface area contributed by atoms with Crippen LogP contribution in [0.2, 0.25) is 5.02 Å². The summed E-state index contributed by atoms with van der Waals surface area (Å²) in [5.41, 5.74) is 5.00. The Balaban J connectivity index is 2.08. The number of primary amides is 1. The number of ether oxygens (including phenoxy) is 1. The number of hydrogen-bond donors (Lipinski definition) is 2. The Labute approximate surface area is 183 Å². The van der Waals surface area contributed by atoms with Crippen LogP contribution in [0.15, 0.2) is 41.3 Å². The maximum Gasteiger partial charge on any atom is 0.251 e. The molecule has 2 aromatic heterocycles. The highest BCUT2D eigenvalue weighted by atomic mass is 35.5. The first-order valence-corrected chi connectivity index (χ1v) is 9.98. The molecule has 0 aliphatic carbocycles.